The summed E-state index contributed by atoms with van der Waals surface area (Å²) in [7, 11) is 0. The van der Waals surface area contributed by atoms with Crippen molar-refractivity contribution in [3.8, 4) is 0 Å². The van der Waals surface area contributed by atoms with E-state index in [2.05, 4.69) is 5.32 Å². The van der Waals surface area contributed by atoms with Crippen LogP contribution in [0, 0.1) is 11.6 Å². The molecule has 2 aromatic rings. The van der Waals surface area contributed by atoms with Crippen molar-refractivity contribution >= 4 is 11.8 Å². The van der Waals surface area contributed by atoms with Gasteiger partial charge in [0, 0.05) is 18.7 Å². The Hall–Kier alpha value is -2.76. The molecule has 3 rings (SSSR count). The molecule has 1 N–H and O–H groups in total. The molecule has 0 spiro atoms. The van der Waals surface area contributed by atoms with E-state index >= 15 is 0 Å². The molecule has 1 aliphatic rings. The summed E-state index contributed by atoms with van der Waals surface area (Å²) in [4.78, 5) is 26.2. The first-order chi connectivity index (χ1) is 12.0. The molecule has 6 heteroatoms. The van der Waals surface area contributed by atoms with Crippen LogP contribution in [0.3, 0.4) is 0 Å². The van der Waals surface area contributed by atoms with Crippen LogP contribution in [0.2, 0.25) is 0 Å². The molecule has 1 heterocycles. The Bertz CT molecular complexity index is 780. The summed E-state index contributed by atoms with van der Waals surface area (Å²) in [6, 6.07) is 12.7. The van der Waals surface area contributed by atoms with E-state index in [0.717, 1.165) is 11.6 Å². The Balaban J connectivity index is 1.57. The number of halogens is 2. The van der Waals surface area contributed by atoms with Gasteiger partial charge in [0.1, 0.15) is 6.04 Å². The summed E-state index contributed by atoms with van der Waals surface area (Å²) in [5.74, 6) is -2.67. The van der Waals surface area contributed by atoms with Crippen molar-refractivity contribution in [2.45, 2.75) is 25.4 Å². The van der Waals surface area contributed by atoms with Crippen molar-refractivity contribution in [2.75, 3.05) is 6.54 Å². The fourth-order valence-corrected chi connectivity index (χ4v) is 2.94. The number of carbonyl (C=O) groups is 2. The zero-order valence-corrected chi connectivity index (χ0v) is 13.5. The van der Waals surface area contributed by atoms with E-state index < -0.39 is 23.6 Å². The van der Waals surface area contributed by atoms with Crippen LogP contribution in [0.1, 0.15) is 17.5 Å². The highest BCUT2D eigenvalue weighted by Gasteiger charge is 2.32. The van der Waals surface area contributed by atoms with Gasteiger partial charge in [-0.25, -0.2) is 8.78 Å². The number of nitrogens with one attached hydrogen (secondary N) is 1. The molecule has 2 aromatic carbocycles. The average Bonchev–Trinajstić information content (AvgIpc) is 2.93. The molecule has 25 heavy (non-hydrogen) atoms. The third kappa shape index (κ3) is 4.02. The lowest BCUT2D eigenvalue weighted by molar-refractivity contribution is -0.132. The maximum atomic E-state index is 13.6. The van der Waals surface area contributed by atoms with E-state index in [4.69, 9.17) is 0 Å². The number of rotatable bonds is 5. The second-order valence-corrected chi connectivity index (χ2v) is 6.04. The Morgan fingerprint density at radius 1 is 1.12 bits per heavy atom. The van der Waals surface area contributed by atoms with Gasteiger partial charge in [-0.1, -0.05) is 42.5 Å². The third-order valence-corrected chi connectivity index (χ3v) is 4.23. The second kappa shape index (κ2) is 7.42. The minimum Gasteiger partial charge on any atom is -0.344 e. The first-order valence-electron chi connectivity index (χ1n) is 8.09. The Morgan fingerprint density at radius 2 is 1.88 bits per heavy atom. The van der Waals surface area contributed by atoms with E-state index in [9.17, 15) is 18.4 Å². The molecule has 1 saturated heterocycles. The first-order valence-corrected chi connectivity index (χ1v) is 8.09. The molecule has 1 atom stereocenters. The molecule has 0 aliphatic carbocycles. The number of likely N-dealkylation sites (tertiary alicyclic amines) is 1. The summed E-state index contributed by atoms with van der Waals surface area (Å²) >= 11 is 0. The lowest BCUT2D eigenvalue weighted by Crippen LogP contribution is -2.42. The monoisotopic (exact) mass is 344 g/mol. The van der Waals surface area contributed by atoms with Crippen LogP contribution in [0.4, 0.5) is 8.78 Å². The minimum absolute atomic E-state index is 0.0240. The Kier molecular flexibility index (Phi) is 5.07. The number of nitrogens with zero attached hydrogens (tertiary/aromatic N) is 1. The molecule has 4 nitrogen and oxygen atoms in total. The largest absolute Gasteiger partial charge is 0.344 e. The fourth-order valence-electron chi connectivity index (χ4n) is 2.94. The quantitative estimate of drug-likeness (QED) is 0.906. The molecule has 1 aliphatic heterocycles. The number of hydrogen-bond donors (Lipinski definition) is 1. The molecule has 0 radical (unpaired) electrons. The normalized spacial score (nSPS) is 17.0. The topological polar surface area (TPSA) is 49.4 Å². The van der Waals surface area contributed by atoms with Gasteiger partial charge in [-0.2, -0.15) is 0 Å². The SMILES string of the molecule is O=C(Cc1cccc(F)c1F)N[C@H]1CCN(Cc2ccccc2)C1=O. The van der Waals surface area contributed by atoms with Crippen LogP contribution >= 0.6 is 0 Å². The average molecular weight is 344 g/mol. The van der Waals surface area contributed by atoms with Gasteiger partial charge in [0.05, 0.1) is 6.42 Å². The maximum absolute atomic E-state index is 13.6. The number of amides is 2. The van der Waals surface area contributed by atoms with Crippen LogP contribution < -0.4 is 5.32 Å². The van der Waals surface area contributed by atoms with Crippen molar-refractivity contribution in [3.05, 3.63) is 71.3 Å². The van der Waals surface area contributed by atoms with Crippen LogP contribution in [0.5, 0.6) is 0 Å². The summed E-state index contributed by atoms with van der Waals surface area (Å²) in [5.41, 5.74) is 0.994. The van der Waals surface area contributed by atoms with Crippen molar-refractivity contribution in [2.24, 2.45) is 0 Å². The van der Waals surface area contributed by atoms with Crippen LogP contribution in [-0.2, 0) is 22.6 Å². The van der Waals surface area contributed by atoms with Gasteiger partial charge in [-0.3, -0.25) is 9.59 Å². The van der Waals surface area contributed by atoms with E-state index in [1.807, 2.05) is 30.3 Å². The van der Waals surface area contributed by atoms with Crippen molar-refractivity contribution in [1.29, 1.82) is 0 Å². The molecular weight excluding hydrogens is 326 g/mol. The summed E-state index contributed by atoms with van der Waals surface area (Å²) in [6.07, 6.45) is 0.203. The standard InChI is InChI=1S/C19H18F2N2O2/c20-15-8-4-7-14(18(15)21)11-17(24)22-16-9-10-23(19(16)25)12-13-5-2-1-3-6-13/h1-8,16H,9-12H2,(H,22,24)/t16-/m0/s1. The Labute approximate surface area is 144 Å². The predicted molar refractivity (Wildman–Crippen MR) is 88.5 cm³/mol. The van der Waals surface area contributed by atoms with Gasteiger partial charge in [0.2, 0.25) is 11.8 Å². The Morgan fingerprint density at radius 3 is 2.64 bits per heavy atom. The highest BCUT2D eigenvalue weighted by atomic mass is 19.2. The number of carbonyl (C=O) groups excluding carboxylic acids is 2. The highest BCUT2D eigenvalue weighted by Crippen LogP contribution is 2.16. The van der Waals surface area contributed by atoms with Gasteiger partial charge in [0.25, 0.3) is 0 Å². The molecule has 0 aromatic heterocycles. The summed E-state index contributed by atoms with van der Waals surface area (Å²) in [6.45, 7) is 1.04. The van der Waals surface area contributed by atoms with E-state index in [1.54, 1.807) is 4.90 Å². The number of benzene rings is 2. The number of hydrogen-bond acceptors (Lipinski definition) is 2. The molecule has 0 saturated carbocycles. The van der Waals surface area contributed by atoms with Crippen LogP contribution in [0.25, 0.3) is 0 Å². The van der Waals surface area contributed by atoms with E-state index in [1.165, 1.54) is 12.1 Å². The third-order valence-electron chi connectivity index (χ3n) is 4.23. The van der Waals surface area contributed by atoms with Gasteiger partial charge < -0.3 is 10.2 Å². The molecule has 1 fully saturated rings. The van der Waals surface area contributed by atoms with Crippen molar-refractivity contribution in [3.63, 3.8) is 0 Å². The minimum atomic E-state index is -1.03. The lowest BCUT2D eigenvalue weighted by atomic mass is 10.1. The van der Waals surface area contributed by atoms with Gasteiger partial charge in [-0.05, 0) is 18.1 Å². The van der Waals surface area contributed by atoms with Gasteiger partial charge >= 0.3 is 0 Å². The predicted octanol–water partition coefficient (Wildman–Crippen LogP) is 2.42. The highest BCUT2D eigenvalue weighted by molar-refractivity contribution is 5.89. The molecule has 2 amide bonds. The van der Waals surface area contributed by atoms with E-state index in [0.29, 0.717) is 19.5 Å². The van der Waals surface area contributed by atoms with Crippen molar-refractivity contribution in [1.82, 2.24) is 10.2 Å². The van der Waals surface area contributed by atoms with Gasteiger partial charge in [0.15, 0.2) is 11.6 Å². The molecular formula is C19H18F2N2O2. The molecule has 130 valence electrons. The summed E-state index contributed by atoms with van der Waals surface area (Å²) in [5, 5.41) is 2.62. The molecule has 0 bridgehead atoms. The zero-order valence-electron chi connectivity index (χ0n) is 13.5. The molecule has 0 unspecified atom stereocenters. The maximum Gasteiger partial charge on any atom is 0.245 e. The van der Waals surface area contributed by atoms with Crippen LogP contribution in [-0.4, -0.2) is 29.3 Å². The summed E-state index contributed by atoms with van der Waals surface area (Å²) < 4.78 is 26.8. The second-order valence-electron chi connectivity index (χ2n) is 6.04. The van der Waals surface area contributed by atoms with Gasteiger partial charge in [-0.15, -0.1) is 0 Å². The van der Waals surface area contributed by atoms with Crippen LogP contribution in [0.15, 0.2) is 48.5 Å². The lowest BCUT2D eigenvalue weighted by Gasteiger charge is -2.17. The zero-order chi connectivity index (χ0) is 17.8. The van der Waals surface area contributed by atoms with E-state index in [-0.39, 0.29) is 17.9 Å². The fraction of sp³-hybridized carbons (Fsp3) is 0.263. The first kappa shape index (κ1) is 17.1. The van der Waals surface area contributed by atoms with Crippen molar-refractivity contribution < 1.29 is 18.4 Å². The smallest absolute Gasteiger partial charge is 0.245 e.